The molecule has 8 nitrogen and oxygen atoms in total. The number of carboxylic acid groups (broad SMARTS) is 1. The fraction of sp³-hybridized carbons (Fsp3) is 0.444. The molecule has 0 radical (unpaired) electrons. The zero-order chi connectivity index (χ0) is 25.0. The van der Waals surface area contributed by atoms with Crippen LogP contribution in [0.15, 0.2) is 48.5 Å². The molecule has 0 heterocycles. The van der Waals surface area contributed by atoms with Gasteiger partial charge in [-0.2, -0.15) is 0 Å². The number of carboxylic acids is 1. The van der Waals surface area contributed by atoms with E-state index in [0.29, 0.717) is 6.42 Å². The highest BCUT2D eigenvalue weighted by Gasteiger charge is 2.39. The maximum Gasteiger partial charge on any atom is 0.407 e. The summed E-state index contributed by atoms with van der Waals surface area (Å²) in [7, 11) is 0. The van der Waals surface area contributed by atoms with E-state index < -0.39 is 36.0 Å². The largest absolute Gasteiger partial charge is 0.479 e. The molecule has 0 aromatic heterocycles. The highest BCUT2D eigenvalue weighted by atomic mass is 16.5. The number of rotatable bonds is 8. The van der Waals surface area contributed by atoms with Crippen LogP contribution in [0.1, 0.15) is 49.7 Å². The van der Waals surface area contributed by atoms with Gasteiger partial charge in [0.25, 0.3) is 0 Å². The summed E-state index contributed by atoms with van der Waals surface area (Å²) in [4.78, 5) is 36.9. The Kier molecular flexibility index (Phi) is 7.40. The van der Waals surface area contributed by atoms with Crippen molar-refractivity contribution >= 4 is 18.0 Å². The van der Waals surface area contributed by atoms with Crippen LogP contribution in [0, 0.1) is 11.8 Å². The molecule has 8 heteroatoms. The molecule has 4 N–H and O–H groups in total. The van der Waals surface area contributed by atoms with E-state index >= 15 is 0 Å². The first-order valence-corrected chi connectivity index (χ1v) is 12.1. The summed E-state index contributed by atoms with van der Waals surface area (Å²) in [5.41, 5.74) is 2.85. The molecule has 2 amide bonds. The second kappa shape index (κ2) is 10.5. The summed E-state index contributed by atoms with van der Waals surface area (Å²) >= 11 is 0. The molecule has 3 unspecified atom stereocenters. The molecule has 0 bridgehead atoms. The summed E-state index contributed by atoms with van der Waals surface area (Å²) < 4.78 is 5.59. The normalized spacial score (nSPS) is 20.7. The molecule has 1 saturated carbocycles. The van der Waals surface area contributed by atoms with E-state index in [1.54, 1.807) is 0 Å². The summed E-state index contributed by atoms with van der Waals surface area (Å²) in [5.74, 6) is -2.32. The number of hydrogen-bond acceptors (Lipinski definition) is 5. The van der Waals surface area contributed by atoms with Gasteiger partial charge < -0.3 is 25.6 Å². The van der Waals surface area contributed by atoms with Gasteiger partial charge in [0.2, 0.25) is 5.91 Å². The average molecular weight is 481 g/mol. The third-order valence-electron chi connectivity index (χ3n) is 7.29. The minimum Gasteiger partial charge on any atom is -0.479 e. The van der Waals surface area contributed by atoms with Crippen LogP contribution in [0.5, 0.6) is 0 Å². The van der Waals surface area contributed by atoms with Gasteiger partial charge in [-0.3, -0.25) is 4.79 Å². The number of fused-ring (bicyclic) bond motifs is 3. The molecule has 3 atom stereocenters. The van der Waals surface area contributed by atoms with E-state index in [4.69, 9.17) is 4.74 Å². The topological polar surface area (TPSA) is 125 Å². The smallest absolute Gasteiger partial charge is 0.407 e. The van der Waals surface area contributed by atoms with Crippen LogP contribution >= 0.6 is 0 Å². The van der Waals surface area contributed by atoms with Crippen LogP contribution in [0.25, 0.3) is 11.1 Å². The quantitative estimate of drug-likeness (QED) is 0.460. The van der Waals surface area contributed by atoms with Crippen molar-refractivity contribution in [1.82, 2.24) is 10.6 Å². The minimum absolute atomic E-state index is 0.0338. The Balaban J connectivity index is 1.34. The lowest BCUT2D eigenvalue weighted by Crippen LogP contribution is -2.57. The van der Waals surface area contributed by atoms with Crippen LogP contribution < -0.4 is 10.6 Å². The molecule has 0 aliphatic heterocycles. The van der Waals surface area contributed by atoms with Crippen molar-refractivity contribution < 1.29 is 29.3 Å². The maximum absolute atomic E-state index is 12.8. The van der Waals surface area contributed by atoms with Gasteiger partial charge in [-0.05, 0) is 47.9 Å². The Labute approximate surface area is 204 Å². The number of nitrogens with one attached hydrogen (secondary N) is 2. The highest BCUT2D eigenvalue weighted by Crippen LogP contribution is 2.44. The Morgan fingerprint density at radius 1 is 1.00 bits per heavy atom. The summed E-state index contributed by atoms with van der Waals surface area (Å²) in [6.07, 6.45) is 2.58. The Morgan fingerprint density at radius 2 is 1.60 bits per heavy atom. The van der Waals surface area contributed by atoms with Crippen molar-refractivity contribution in [2.75, 3.05) is 19.8 Å². The number of hydrogen-bond donors (Lipinski definition) is 4. The molecular formula is C27H32N2O6. The predicted octanol–water partition coefficient (Wildman–Crippen LogP) is 3.28. The molecular weight excluding hydrogens is 448 g/mol. The predicted molar refractivity (Wildman–Crippen MR) is 130 cm³/mol. The van der Waals surface area contributed by atoms with Gasteiger partial charge in [0.15, 0.2) is 5.54 Å². The van der Waals surface area contributed by atoms with Gasteiger partial charge in [-0.15, -0.1) is 0 Å². The van der Waals surface area contributed by atoms with E-state index in [1.807, 2.05) is 24.3 Å². The average Bonchev–Trinajstić information content (AvgIpc) is 3.19. The fourth-order valence-corrected chi connectivity index (χ4v) is 5.19. The van der Waals surface area contributed by atoms with Crippen molar-refractivity contribution in [1.29, 1.82) is 0 Å². The number of carbonyl (C=O) groups is 3. The molecule has 35 heavy (non-hydrogen) atoms. The highest BCUT2D eigenvalue weighted by molar-refractivity contribution is 5.88. The number of alkyl carbamates (subject to hydrolysis) is 1. The maximum atomic E-state index is 12.8. The number of aliphatic hydroxyl groups is 1. The van der Waals surface area contributed by atoms with Crippen LogP contribution in [0.3, 0.4) is 0 Å². The van der Waals surface area contributed by atoms with Crippen molar-refractivity contribution in [3.8, 4) is 11.1 Å². The lowest BCUT2D eigenvalue weighted by atomic mass is 9.78. The number of amides is 2. The minimum atomic E-state index is -1.74. The zero-order valence-corrected chi connectivity index (χ0v) is 19.8. The molecule has 2 aromatic carbocycles. The first-order chi connectivity index (χ1) is 16.8. The van der Waals surface area contributed by atoms with E-state index in [1.165, 1.54) is 6.92 Å². The number of aliphatic hydroxyl groups excluding tert-OH is 1. The lowest BCUT2D eigenvalue weighted by Gasteiger charge is -2.33. The monoisotopic (exact) mass is 480 g/mol. The van der Waals surface area contributed by atoms with E-state index in [9.17, 15) is 24.6 Å². The standard InChI is InChI=1S/C27H32N2O6/c1-27(16-30,25(32)33)29-24(31)18-9-3-2-8-17(18)14-28-26(34)35-15-23-21-12-6-4-10-19(21)20-11-5-7-13-22(20)23/h4-7,10-13,17-18,23,30H,2-3,8-9,14-16H2,1H3,(H,28,34)(H,29,31)(H,32,33). The number of aliphatic carboxylic acids is 1. The summed E-state index contributed by atoms with van der Waals surface area (Å²) in [5, 5.41) is 24.1. The lowest BCUT2D eigenvalue weighted by molar-refractivity contribution is -0.150. The fourth-order valence-electron chi connectivity index (χ4n) is 5.19. The molecule has 186 valence electrons. The molecule has 2 aliphatic carbocycles. The van der Waals surface area contributed by atoms with E-state index in [0.717, 1.165) is 41.5 Å². The van der Waals surface area contributed by atoms with Crippen LogP contribution in [-0.2, 0) is 14.3 Å². The molecule has 0 saturated heterocycles. The van der Waals surface area contributed by atoms with E-state index in [2.05, 4.69) is 34.9 Å². The molecule has 2 aromatic rings. The number of ether oxygens (including phenoxy) is 1. The van der Waals surface area contributed by atoms with E-state index in [-0.39, 0.29) is 25.0 Å². The van der Waals surface area contributed by atoms with Crippen molar-refractivity contribution in [3.05, 3.63) is 59.7 Å². The Hall–Kier alpha value is -3.39. The van der Waals surface area contributed by atoms with Gasteiger partial charge in [-0.1, -0.05) is 61.4 Å². The second-order valence-electron chi connectivity index (χ2n) is 9.64. The summed E-state index contributed by atoms with van der Waals surface area (Å²) in [6, 6.07) is 16.2. The molecule has 0 spiro atoms. The van der Waals surface area contributed by atoms with Crippen molar-refractivity contribution in [2.24, 2.45) is 11.8 Å². The SMILES string of the molecule is CC(CO)(NC(=O)C1CCCCC1CNC(=O)OCC1c2ccccc2-c2ccccc21)C(=O)O. The first kappa shape index (κ1) is 24.7. The van der Waals surface area contributed by atoms with Gasteiger partial charge in [0.1, 0.15) is 6.61 Å². The Bertz CT molecular complexity index is 1060. The van der Waals surface area contributed by atoms with Crippen molar-refractivity contribution in [3.63, 3.8) is 0 Å². The molecule has 4 rings (SSSR count). The number of carbonyl (C=O) groups excluding carboxylic acids is 2. The third kappa shape index (κ3) is 5.17. The Morgan fingerprint density at radius 3 is 2.20 bits per heavy atom. The van der Waals surface area contributed by atoms with Gasteiger partial charge in [-0.25, -0.2) is 9.59 Å². The molecule has 1 fully saturated rings. The second-order valence-corrected chi connectivity index (χ2v) is 9.64. The third-order valence-corrected chi connectivity index (χ3v) is 7.29. The van der Waals surface area contributed by atoms with Gasteiger partial charge >= 0.3 is 12.1 Å². The number of benzene rings is 2. The van der Waals surface area contributed by atoms with Crippen LogP contribution in [0.4, 0.5) is 4.79 Å². The zero-order valence-electron chi connectivity index (χ0n) is 19.8. The van der Waals surface area contributed by atoms with Crippen LogP contribution in [0.2, 0.25) is 0 Å². The summed E-state index contributed by atoms with van der Waals surface area (Å²) in [6.45, 7) is 1.04. The van der Waals surface area contributed by atoms with Gasteiger partial charge in [0, 0.05) is 18.4 Å². The van der Waals surface area contributed by atoms with Crippen LogP contribution in [-0.4, -0.2) is 53.5 Å². The first-order valence-electron chi connectivity index (χ1n) is 12.1. The molecule has 2 aliphatic rings. The van der Waals surface area contributed by atoms with Gasteiger partial charge in [0.05, 0.1) is 6.61 Å². The van der Waals surface area contributed by atoms with Crippen molar-refractivity contribution in [2.45, 2.75) is 44.1 Å².